The molecule has 0 spiro atoms. The van der Waals surface area contributed by atoms with Crippen LogP contribution in [0.3, 0.4) is 0 Å². The van der Waals surface area contributed by atoms with Crippen molar-refractivity contribution in [3.8, 4) is 11.5 Å². The van der Waals surface area contributed by atoms with Gasteiger partial charge in [-0.15, -0.1) is 0 Å². The molecule has 0 bridgehead atoms. The minimum absolute atomic E-state index is 0.645. The van der Waals surface area contributed by atoms with Crippen LogP contribution in [0, 0.1) is 6.07 Å². The Balaban J connectivity index is 2.69. The van der Waals surface area contributed by atoms with Gasteiger partial charge >= 0.3 is 0 Å². The highest BCUT2D eigenvalue weighted by atomic mass is 16.5. The van der Waals surface area contributed by atoms with Crippen LogP contribution in [0.15, 0.2) is 30.3 Å². The number of hydrogen-bond donors (Lipinski definition) is 0. The second-order valence-corrected chi connectivity index (χ2v) is 2.96. The van der Waals surface area contributed by atoms with Gasteiger partial charge in [-0.2, -0.15) is 0 Å². The molecule has 0 unspecified atom stereocenters. The Morgan fingerprint density at radius 1 is 1.07 bits per heavy atom. The second kappa shape index (κ2) is 3.58. The van der Waals surface area contributed by atoms with Crippen molar-refractivity contribution < 1.29 is 9.47 Å². The summed E-state index contributed by atoms with van der Waals surface area (Å²) in [7, 11) is 3.24. The molecule has 2 heteroatoms. The SMILES string of the molecule is COc1[c]c2ccccc2cc1OC. The summed E-state index contributed by atoms with van der Waals surface area (Å²) in [5, 5.41) is 2.13. The van der Waals surface area contributed by atoms with Gasteiger partial charge in [-0.05, 0) is 16.8 Å². The zero-order valence-electron chi connectivity index (χ0n) is 8.20. The van der Waals surface area contributed by atoms with Crippen molar-refractivity contribution in [2.45, 2.75) is 0 Å². The molecule has 0 aromatic heterocycles. The Kier molecular flexibility index (Phi) is 2.27. The molecule has 0 aliphatic heterocycles. The number of benzene rings is 2. The van der Waals surface area contributed by atoms with Crippen molar-refractivity contribution in [3.63, 3.8) is 0 Å². The minimum atomic E-state index is 0.645. The lowest BCUT2D eigenvalue weighted by Crippen LogP contribution is -1.90. The molecule has 0 aliphatic carbocycles. The summed E-state index contributed by atoms with van der Waals surface area (Å²) < 4.78 is 10.4. The maximum absolute atomic E-state index is 5.19. The zero-order chi connectivity index (χ0) is 9.97. The van der Waals surface area contributed by atoms with Crippen LogP contribution >= 0.6 is 0 Å². The smallest absolute Gasteiger partial charge is 0.169 e. The molecule has 0 heterocycles. The van der Waals surface area contributed by atoms with Gasteiger partial charge in [0.15, 0.2) is 11.5 Å². The minimum Gasteiger partial charge on any atom is -0.493 e. The number of hydrogen-bond acceptors (Lipinski definition) is 2. The van der Waals surface area contributed by atoms with Gasteiger partial charge in [-0.1, -0.05) is 24.3 Å². The molecular weight excluding hydrogens is 176 g/mol. The van der Waals surface area contributed by atoms with Crippen LogP contribution < -0.4 is 9.47 Å². The van der Waals surface area contributed by atoms with Crippen LogP contribution in [-0.2, 0) is 0 Å². The molecule has 71 valence electrons. The number of fused-ring (bicyclic) bond motifs is 1. The fourth-order valence-corrected chi connectivity index (χ4v) is 1.43. The Morgan fingerprint density at radius 2 is 1.86 bits per heavy atom. The quantitative estimate of drug-likeness (QED) is 0.719. The van der Waals surface area contributed by atoms with Crippen molar-refractivity contribution >= 4 is 10.8 Å². The fourth-order valence-electron chi connectivity index (χ4n) is 1.43. The normalized spacial score (nSPS) is 10.1. The van der Waals surface area contributed by atoms with Crippen LogP contribution in [0.4, 0.5) is 0 Å². The van der Waals surface area contributed by atoms with Crippen LogP contribution in [-0.4, -0.2) is 14.2 Å². The summed E-state index contributed by atoms with van der Waals surface area (Å²) in [5.74, 6) is 1.36. The number of methoxy groups -OCH3 is 2. The van der Waals surface area contributed by atoms with E-state index in [4.69, 9.17) is 9.47 Å². The Hall–Kier alpha value is -1.70. The largest absolute Gasteiger partial charge is 0.493 e. The molecular formula is C12H11O2. The Bertz CT molecular complexity index is 407. The molecule has 0 aliphatic rings. The number of ether oxygens (including phenoxy) is 2. The molecule has 2 rings (SSSR count). The van der Waals surface area contributed by atoms with E-state index >= 15 is 0 Å². The first-order chi connectivity index (χ1) is 6.85. The molecule has 2 aromatic rings. The Labute approximate surface area is 83.1 Å². The first-order valence-corrected chi connectivity index (χ1v) is 4.38. The van der Waals surface area contributed by atoms with E-state index in [2.05, 4.69) is 6.07 Å². The molecule has 0 fully saturated rings. The van der Waals surface area contributed by atoms with Gasteiger partial charge in [0, 0.05) is 6.07 Å². The molecule has 14 heavy (non-hydrogen) atoms. The Morgan fingerprint density at radius 3 is 2.57 bits per heavy atom. The van der Waals surface area contributed by atoms with E-state index in [1.54, 1.807) is 14.2 Å². The summed E-state index contributed by atoms with van der Waals surface area (Å²) in [4.78, 5) is 0. The third-order valence-corrected chi connectivity index (χ3v) is 2.14. The average molecular weight is 187 g/mol. The van der Waals surface area contributed by atoms with Crippen molar-refractivity contribution in [2.75, 3.05) is 14.2 Å². The van der Waals surface area contributed by atoms with Crippen LogP contribution in [0.5, 0.6) is 11.5 Å². The van der Waals surface area contributed by atoms with Gasteiger partial charge < -0.3 is 9.47 Å². The van der Waals surface area contributed by atoms with E-state index < -0.39 is 0 Å². The molecule has 0 saturated heterocycles. The lowest BCUT2D eigenvalue weighted by molar-refractivity contribution is 0.355. The number of rotatable bonds is 2. The van der Waals surface area contributed by atoms with Crippen molar-refractivity contribution in [2.24, 2.45) is 0 Å². The van der Waals surface area contributed by atoms with Crippen LogP contribution in [0.1, 0.15) is 0 Å². The maximum Gasteiger partial charge on any atom is 0.169 e. The van der Waals surface area contributed by atoms with Crippen LogP contribution in [0.2, 0.25) is 0 Å². The van der Waals surface area contributed by atoms with Gasteiger partial charge in [-0.25, -0.2) is 0 Å². The summed E-state index contributed by atoms with van der Waals surface area (Å²) in [6.45, 7) is 0. The van der Waals surface area contributed by atoms with Crippen molar-refractivity contribution in [1.29, 1.82) is 0 Å². The highest BCUT2D eigenvalue weighted by molar-refractivity contribution is 5.85. The van der Waals surface area contributed by atoms with Gasteiger partial charge in [0.1, 0.15) is 0 Å². The average Bonchev–Trinajstić information content (AvgIpc) is 2.27. The topological polar surface area (TPSA) is 18.5 Å². The predicted molar refractivity (Wildman–Crippen MR) is 55.9 cm³/mol. The third-order valence-electron chi connectivity index (χ3n) is 2.14. The fraction of sp³-hybridized carbons (Fsp3) is 0.167. The predicted octanol–water partition coefficient (Wildman–Crippen LogP) is 2.66. The van der Waals surface area contributed by atoms with Crippen LogP contribution in [0.25, 0.3) is 10.8 Å². The first-order valence-electron chi connectivity index (χ1n) is 4.38. The molecule has 2 nitrogen and oxygen atoms in total. The first kappa shape index (κ1) is 8.88. The summed E-state index contributed by atoms with van der Waals surface area (Å²) in [6, 6.07) is 13.1. The van der Waals surface area contributed by atoms with Crippen molar-refractivity contribution in [3.05, 3.63) is 36.4 Å². The highest BCUT2D eigenvalue weighted by Gasteiger charge is 2.04. The summed E-state index contributed by atoms with van der Waals surface area (Å²) in [6.07, 6.45) is 0. The highest BCUT2D eigenvalue weighted by Crippen LogP contribution is 2.30. The lowest BCUT2D eigenvalue weighted by atomic mass is 10.1. The summed E-state index contributed by atoms with van der Waals surface area (Å²) in [5.41, 5.74) is 0. The monoisotopic (exact) mass is 187 g/mol. The second-order valence-electron chi connectivity index (χ2n) is 2.96. The zero-order valence-corrected chi connectivity index (χ0v) is 8.20. The molecule has 0 saturated carbocycles. The molecule has 1 radical (unpaired) electrons. The standard InChI is InChI=1S/C12H11O2/c1-13-11-7-9-5-3-4-6-10(9)8-12(11)14-2/h3-7H,1-2H3. The van der Waals surface area contributed by atoms with E-state index in [1.807, 2.05) is 30.3 Å². The molecule has 0 N–H and O–H groups in total. The van der Waals surface area contributed by atoms with E-state index in [9.17, 15) is 0 Å². The van der Waals surface area contributed by atoms with Gasteiger partial charge in [0.05, 0.1) is 14.2 Å². The third kappa shape index (κ3) is 1.39. The summed E-state index contributed by atoms with van der Waals surface area (Å²) >= 11 is 0. The molecule has 2 aromatic carbocycles. The van der Waals surface area contributed by atoms with Crippen molar-refractivity contribution in [1.82, 2.24) is 0 Å². The van der Waals surface area contributed by atoms with Gasteiger partial charge in [0.25, 0.3) is 0 Å². The van der Waals surface area contributed by atoms with E-state index in [0.717, 1.165) is 10.8 Å². The van der Waals surface area contributed by atoms with Gasteiger partial charge in [0.2, 0.25) is 0 Å². The molecule has 0 atom stereocenters. The van der Waals surface area contributed by atoms with E-state index in [1.165, 1.54) is 0 Å². The van der Waals surface area contributed by atoms with E-state index in [0.29, 0.717) is 11.5 Å². The van der Waals surface area contributed by atoms with Gasteiger partial charge in [-0.3, -0.25) is 0 Å². The lowest BCUT2D eigenvalue weighted by Gasteiger charge is -2.08. The molecule has 0 amide bonds. The van der Waals surface area contributed by atoms with E-state index in [-0.39, 0.29) is 0 Å². The maximum atomic E-state index is 5.19.